The fraction of sp³-hybridized carbons (Fsp3) is 0.0625. The van der Waals surface area contributed by atoms with E-state index in [1.165, 1.54) is 24.3 Å². The van der Waals surface area contributed by atoms with Crippen LogP contribution in [-0.4, -0.2) is 30.3 Å². The van der Waals surface area contributed by atoms with E-state index in [1.54, 1.807) is 24.3 Å². The van der Waals surface area contributed by atoms with E-state index in [0.717, 1.165) is 4.47 Å². The number of anilines is 1. The molecule has 0 fully saturated rings. The summed E-state index contributed by atoms with van der Waals surface area (Å²) in [6, 6.07) is 12.5. The topological polar surface area (TPSA) is 102 Å². The van der Waals surface area contributed by atoms with Gasteiger partial charge in [-0.1, -0.05) is 32.6 Å². The van der Waals surface area contributed by atoms with E-state index in [9.17, 15) is 13.2 Å². The molecule has 0 atom stereocenters. The lowest BCUT2D eigenvalue weighted by molar-refractivity contribution is -0.114. The van der Waals surface area contributed by atoms with Gasteiger partial charge in [0.1, 0.15) is 5.75 Å². The van der Waals surface area contributed by atoms with E-state index >= 15 is 0 Å². The normalized spacial score (nSPS) is 11.3. The van der Waals surface area contributed by atoms with Gasteiger partial charge in [0.25, 0.3) is 0 Å². The molecule has 2 aromatic carbocycles. The molecule has 134 valence electrons. The summed E-state index contributed by atoms with van der Waals surface area (Å²) >= 11 is 9.05. The van der Waals surface area contributed by atoms with E-state index in [1.807, 2.05) is 0 Å². The molecule has 0 bridgehead atoms. The number of sulfone groups is 1. The molecule has 26 heavy (non-hydrogen) atoms. The lowest BCUT2D eigenvalue weighted by atomic mass is 10.2. The average molecular weight is 457 g/mol. The molecule has 1 N–H and O–H groups in total. The number of nitrogens with zero attached hydrogens (tertiary/aromatic N) is 2. The number of hydrogen-bond donors (Lipinski definition) is 1. The minimum Gasteiger partial charge on any atom is -0.403 e. The van der Waals surface area contributed by atoms with Gasteiger partial charge in [0.15, 0.2) is 9.84 Å². The number of nitrogens with one attached hydrogen (secondary N) is 1. The second-order valence-electron chi connectivity index (χ2n) is 5.18. The van der Waals surface area contributed by atoms with Crippen LogP contribution in [0.25, 0.3) is 11.5 Å². The number of carbonyl (C=O) groups is 1. The van der Waals surface area contributed by atoms with Gasteiger partial charge in [-0.25, -0.2) is 8.42 Å². The van der Waals surface area contributed by atoms with Gasteiger partial charge in [-0.3, -0.25) is 10.1 Å². The molecule has 0 radical (unpaired) electrons. The van der Waals surface area contributed by atoms with Crippen LogP contribution in [0.3, 0.4) is 0 Å². The van der Waals surface area contributed by atoms with Gasteiger partial charge in [0, 0.05) is 15.1 Å². The molecule has 0 saturated heterocycles. The van der Waals surface area contributed by atoms with E-state index < -0.39 is 21.5 Å². The fourth-order valence-electron chi connectivity index (χ4n) is 2.04. The highest BCUT2D eigenvalue weighted by atomic mass is 79.9. The first-order valence-corrected chi connectivity index (χ1v) is 10.0. The van der Waals surface area contributed by atoms with Crippen LogP contribution in [0.1, 0.15) is 0 Å². The van der Waals surface area contributed by atoms with Gasteiger partial charge >= 0.3 is 6.01 Å². The van der Waals surface area contributed by atoms with Crippen LogP contribution < -0.4 is 5.32 Å². The maximum absolute atomic E-state index is 12.2. The standard InChI is InChI=1S/C16H11BrClN3O4S/c17-11-3-1-10(2-4-11)15-20-21-16(25-15)19-14(22)9-26(23,24)13-7-5-12(18)6-8-13/h1-8H,9H2,(H,19,21,22). The maximum Gasteiger partial charge on any atom is 0.322 e. The Labute approximate surface area is 162 Å². The van der Waals surface area contributed by atoms with Crippen molar-refractivity contribution in [3.05, 3.63) is 58.0 Å². The van der Waals surface area contributed by atoms with Crippen molar-refractivity contribution in [2.24, 2.45) is 0 Å². The Morgan fingerprint density at radius 2 is 1.73 bits per heavy atom. The predicted molar refractivity (Wildman–Crippen MR) is 99.6 cm³/mol. The van der Waals surface area contributed by atoms with Gasteiger partial charge in [-0.2, -0.15) is 0 Å². The number of halogens is 2. The van der Waals surface area contributed by atoms with Crippen molar-refractivity contribution in [3.63, 3.8) is 0 Å². The van der Waals surface area contributed by atoms with Gasteiger partial charge in [-0.05, 0) is 48.5 Å². The number of carbonyl (C=O) groups excluding carboxylic acids is 1. The Morgan fingerprint density at radius 3 is 2.38 bits per heavy atom. The molecule has 7 nitrogen and oxygen atoms in total. The Morgan fingerprint density at radius 1 is 1.08 bits per heavy atom. The summed E-state index contributed by atoms with van der Waals surface area (Å²) < 4.78 is 30.7. The molecule has 0 aliphatic rings. The highest BCUT2D eigenvalue weighted by Crippen LogP contribution is 2.22. The van der Waals surface area contributed by atoms with Crippen molar-refractivity contribution in [3.8, 4) is 11.5 Å². The van der Waals surface area contributed by atoms with E-state index in [-0.39, 0.29) is 16.8 Å². The van der Waals surface area contributed by atoms with Crippen LogP contribution in [0.15, 0.2) is 62.3 Å². The SMILES string of the molecule is O=C(CS(=O)(=O)c1ccc(Cl)cc1)Nc1nnc(-c2ccc(Br)cc2)o1. The molecular weight excluding hydrogens is 446 g/mol. The van der Waals surface area contributed by atoms with Crippen molar-refractivity contribution in [1.82, 2.24) is 10.2 Å². The molecule has 3 aromatic rings. The zero-order valence-electron chi connectivity index (χ0n) is 13.0. The molecule has 1 amide bonds. The summed E-state index contributed by atoms with van der Waals surface area (Å²) in [5.41, 5.74) is 0.662. The summed E-state index contributed by atoms with van der Waals surface area (Å²) in [7, 11) is -3.81. The molecule has 0 saturated carbocycles. The molecule has 0 spiro atoms. The van der Waals surface area contributed by atoms with Crippen molar-refractivity contribution in [1.29, 1.82) is 0 Å². The molecule has 10 heteroatoms. The third-order valence-corrected chi connectivity index (χ3v) is 5.67. The number of benzene rings is 2. The lowest BCUT2D eigenvalue weighted by Gasteiger charge is -2.04. The largest absolute Gasteiger partial charge is 0.403 e. The Bertz CT molecular complexity index is 1030. The second-order valence-corrected chi connectivity index (χ2v) is 8.52. The lowest BCUT2D eigenvalue weighted by Crippen LogP contribution is -2.23. The van der Waals surface area contributed by atoms with Crippen molar-refractivity contribution in [2.45, 2.75) is 4.90 Å². The maximum atomic E-state index is 12.2. The van der Waals surface area contributed by atoms with Crippen LogP contribution in [0, 0.1) is 0 Å². The smallest absolute Gasteiger partial charge is 0.322 e. The van der Waals surface area contributed by atoms with E-state index in [2.05, 4.69) is 31.4 Å². The fourth-order valence-corrected chi connectivity index (χ4v) is 3.56. The molecule has 0 aliphatic carbocycles. The average Bonchev–Trinajstić information content (AvgIpc) is 3.03. The van der Waals surface area contributed by atoms with E-state index in [4.69, 9.17) is 16.0 Å². The summed E-state index contributed by atoms with van der Waals surface area (Å²) in [6.45, 7) is 0. The second kappa shape index (κ2) is 7.56. The van der Waals surface area contributed by atoms with Gasteiger partial charge in [-0.15, -0.1) is 5.10 Å². The highest BCUT2D eigenvalue weighted by molar-refractivity contribution is 9.10. The predicted octanol–water partition coefficient (Wildman–Crippen LogP) is 3.56. The molecule has 3 rings (SSSR count). The van der Waals surface area contributed by atoms with Crippen LogP contribution in [0.5, 0.6) is 0 Å². The van der Waals surface area contributed by atoms with Crippen LogP contribution in [-0.2, 0) is 14.6 Å². The first kappa shape index (κ1) is 18.6. The molecular formula is C16H11BrClN3O4S. The Kier molecular flexibility index (Phi) is 5.40. The number of hydrogen-bond acceptors (Lipinski definition) is 6. The summed E-state index contributed by atoms with van der Waals surface area (Å²) in [6.07, 6.45) is 0. The molecule has 0 unspecified atom stereocenters. The first-order valence-electron chi connectivity index (χ1n) is 7.21. The van der Waals surface area contributed by atoms with E-state index in [0.29, 0.717) is 10.6 Å². The van der Waals surface area contributed by atoms with Crippen molar-refractivity contribution in [2.75, 3.05) is 11.1 Å². The molecule has 1 aromatic heterocycles. The highest BCUT2D eigenvalue weighted by Gasteiger charge is 2.21. The first-order chi connectivity index (χ1) is 12.3. The number of amides is 1. The minimum absolute atomic E-state index is 0.00173. The summed E-state index contributed by atoms with van der Waals surface area (Å²) in [4.78, 5) is 12.0. The monoisotopic (exact) mass is 455 g/mol. The quantitative estimate of drug-likeness (QED) is 0.630. The zero-order valence-corrected chi connectivity index (χ0v) is 16.2. The summed E-state index contributed by atoms with van der Waals surface area (Å²) in [5.74, 6) is -1.34. The van der Waals surface area contributed by atoms with Gasteiger partial charge < -0.3 is 4.42 Å². The third kappa shape index (κ3) is 4.48. The number of aromatic nitrogens is 2. The Balaban J connectivity index is 1.68. The van der Waals surface area contributed by atoms with Gasteiger partial charge in [0.05, 0.1) is 4.90 Å². The van der Waals surface area contributed by atoms with Crippen molar-refractivity contribution >= 4 is 49.3 Å². The summed E-state index contributed by atoms with van der Waals surface area (Å²) in [5, 5.41) is 10.2. The Hall–Kier alpha value is -2.23. The minimum atomic E-state index is -3.81. The number of rotatable bonds is 5. The zero-order chi connectivity index (χ0) is 18.7. The van der Waals surface area contributed by atoms with Crippen LogP contribution in [0.2, 0.25) is 5.02 Å². The third-order valence-electron chi connectivity index (χ3n) is 3.26. The van der Waals surface area contributed by atoms with Crippen LogP contribution in [0.4, 0.5) is 6.01 Å². The van der Waals surface area contributed by atoms with Gasteiger partial charge in [0.2, 0.25) is 11.8 Å². The van der Waals surface area contributed by atoms with Crippen molar-refractivity contribution < 1.29 is 17.6 Å². The molecule has 0 aliphatic heterocycles. The molecule has 1 heterocycles. The van der Waals surface area contributed by atoms with Crippen LogP contribution >= 0.6 is 27.5 Å².